The van der Waals surface area contributed by atoms with Crippen molar-refractivity contribution in [3.05, 3.63) is 127 Å². The molecule has 0 unspecified atom stereocenters. The molecule has 0 saturated heterocycles. The fourth-order valence-electron chi connectivity index (χ4n) is 6.18. The van der Waals surface area contributed by atoms with Crippen LogP contribution in [0.15, 0.2) is 127 Å². The zero-order valence-electron chi connectivity index (χ0n) is 21.4. The number of aromatic nitrogens is 3. The standard InChI is InChI=1S/C36H21N3O/c1-3-10-22(11-4-1)25-20-29-33-31(21-25)40-30-17-9-14-23-18-19-28(34(33)32(23)30)39(29)36-35(24-12-5-2-6-13-24)37-26-15-7-8-16-27(26)38-36/h1-21H. The molecule has 0 N–H and O–H groups in total. The van der Waals surface area contributed by atoms with E-state index < -0.39 is 0 Å². The van der Waals surface area contributed by atoms with Crippen LogP contribution < -0.4 is 4.74 Å². The first-order valence-electron chi connectivity index (χ1n) is 13.4. The molecule has 2 aromatic heterocycles. The van der Waals surface area contributed by atoms with Gasteiger partial charge < -0.3 is 4.74 Å². The maximum Gasteiger partial charge on any atom is 0.165 e. The second-order valence-electron chi connectivity index (χ2n) is 10.2. The van der Waals surface area contributed by atoms with Gasteiger partial charge in [-0.25, -0.2) is 9.97 Å². The van der Waals surface area contributed by atoms with Gasteiger partial charge in [-0.15, -0.1) is 0 Å². The number of fused-ring (bicyclic) bond motifs is 1. The van der Waals surface area contributed by atoms with Crippen LogP contribution in [0.3, 0.4) is 0 Å². The molecule has 186 valence electrons. The van der Waals surface area contributed by atoms with E-state index in [9.17, 15) is 0 Å². The molecule has 3 heterocycles. The van der Waals surface area contributed by atoms with Gasteiger partial charge in [0.1, 0.15) is 17.2 Å². The molecule has 0 bridgehead atoms. The lowest BCUT2D eigenvalue weighted by Gasteiger charge is -2.17. The molecule has 4 nitrogen and oxygen atoms in total. The summed E-state index contributed by atoms with van der Waals surface area (Å²) in [7, 11) is 0. The highest BCUT2D eigenvalue weighted by atomic mass is 16.5. The molecule has 1 aliphatic rings. The average molecular weight is 512 g/mol. The van der Waals surface area contributed by atoms with Crippen LogP contribution in [0.25, 0.3) is 71.8 Å². The lowest BCUT2D eigenvalue weighted by atomic mass is 9.98. The van der Waals surface area contributed by atoms with E-state index in [4.69, 9.17) is 14.7 Å². The van der Waals surface area contributed by atoms with E-state index in [0.717, 1.165) is 77.9 Å². The summed E-state index contributed by atoms with van der Waals surface area (Å²) in [5.74, 6) is 2.55. The lowest BCUT2D eigenvalue weighted by Crippen LogP contribution is -2.03. The van der Waals surface area contributed by atoms with E-state index in [1.54, 1.807) is 0 Å². The van der Waals surface area contributed by atoms with Gasteiger partial charge in [-0.1, -0.05) is 91.0 Å². The molecule has 0 amide bonds. The highest BCUT2D eigenvalue weighted by Crippen LogP contribution is 2.50. The van der Waals surface area contributed by atoms with Crippen molar-refractivity contribution in [1.82, 2.24) is 14.5 Å². The maximum absolute atomic E-state index is 6.63. The molecular formula is C36H21N3O. The van der Waals surface area contributed by atoms with Crippen LogP contribution in [0.4, 0.5) is 0 Å². The van der Waals surface area contributed by atoms with Gasteiger partial charge in [-0.05, 0) is 52.9 Å². The summed E-state index contributed by atoms with van der Waals surface area (Å²) in [6.45, 7) is 0. The molecule has 6 aromatic carbocycles. The topological polar surface area (TPSA) is 39.9 Å². The van der Waals surface area contributed by atoms with E-state index in [2.05, 4.69) is 95.6 Å². The van der Waals surface area contributed by atoms with Gasteiger partial charge in [0.25, 0.3) is 0 Å². The van der Waals surface area contributed by atoms with E-state index >= 15 is 0 Å². The van der Waals surface area contributed by atoms with Gasteiger partial charge in [-0.3, -0.25) is 4.57 Å². The van der Waals surface area contributed by atoms with Crippen LogP contribution in [-0.4, -0.2) is 14.5 Å². The highest BCUT2D eigenvalue weighted by molar-refractivity contribution is 6.26. The van der Waals surface area contributed by atoms with Crippen molar-refractivity contribution in [2.45, 2.75) is 0 Å². The summed E-state index contributed by atoms with van der Waals surface area (Å²) >= 11 is 0. The number of benzene rings is 6. The molecule has 8 aromatic rings. The van der Waals surface area contributed by atoms with Crippen molar-refractivity contribution in [2.75, 3.05) is 0 Å². The molecule has 0 fully saturated rings. The number of hydrogen-bond acceptors (Lipinski definition) is 3. The van der Waals surface area contributed by atoms with Gasteiger partial charge in [0, 0.05) is 16.3 Å². The third-order valence-electron chi connectivity index (χ3n) is 7.94. The average Bonchev–Trinajstić information content (AvgIpc) is 3.36. The summed E-state index contributed by atoms with van der Waals surface area (Å²) in [4.78, 5) is 10.5. The third kappa shape index (κ3) is 2.96. The predicted molar refractivity (Wildman–Crippen MR) is 162 cm³/mol. The Bertz CT molecular complexity index is 2290. The molecule has 40 heavy (non-hydrogen) atoms. The van der Waals surface area contributed by atoms with Gasteiger partial charge >= 0.3 is 0 Å². The Balaban J connectivity index is 1.49. The van der Waals surface area contributed by atoms with Crippen molar-refractivity contribution in [3.63, 3.8) is 0 Å². The second kappa shape index (κ2) is 8.01. The van der Waals surface area contributed by atoms with Crippen LogP contribution >= 0.6 is 0 Å². The summed E-state index contributed by atoms with van der Waals surface area (Å²) in [5.41, 5.74) is 7.98. The highest BCUT2D eigenvalue weighted by Gasteiger charge is 2.27. The molecule has 0 atom stereocenters. The van der Waals surface area contributed by atoms with Gasteiger partial charge in [0.2, 0.25) is 0 Å². The van der Waals surface area contributed by atoms with Crippen molar-refractivity contribution >= 4 is 43.6 Å². The van der Waals surface area contributed by atoms with Gasteiger partial charge in [-0.2, -0.15) is 0 Å². The SMILES string of the molecule is c1ccc(-c2cc3c4c5c6c(cccc6ccc5n(-c5nc6ccccc6nc5-c5ccccc5)c4c2)O3)cc1. The van der Waals surface area contributed by atoms with Crippen molar-refractivity contribution < 1.29 is 4.74 Å². The molecule has 0 spiro atoms. The Morgan fingerprint density at radius 2 is 1.20 bits per heavy atom. The molecular weight excluding hydrogens is 490 g/mol. The zero-order valence-corrected chi connectivity index (χ0v) is 21.4. The van der Waals surface area contributed by atoms with E-state index in [1.807, 2.05) is 36.4 Å². The zero-order chi connectivity index (χ0) is 26.2. The predicted octanol–water partition coefficient (Wildman–Crippen LogP) is 9.32. The minimum absolute atomic E-state index is 0.805. The van der Waals surface area contributed by atoms with Crippen molar-refractivity contribution in [3.8, 4) is 39.7 Å². The fourth-order valence-corrected chi connectivity index (χ4v) is 6.18. The Morgan fingerprint density at radius 3 is 2.00 bits per heavy atom. The number of hydrogen-bond donors (Lipinski definition) is 0. The minimum atomic E-state index is 0.805. The number of nitrogens with zero attached hydrogens (tertiary/aromatic N) is 3. The van der Waals surface area contributed by atoms with Crippen molar-refractivity contribution in [1.29, 1.82) is 0 Å². The van der Waals surface area contributed by atoms with Gasteiger partial charge in [0.05, 0.1) is 27.5 Å². The van der Waals surface area contributed by atoms with Crippen LogP contribution in [0.1, 0.15) is 0 Å². The summed E-state index contributed by atoms with van der Waals surface area (Å²) in [5, 5.41) is 4.60. The molecule has 0 aliphatic carbocycles. The maximum atomic E-state index is 6.63. The van der Waals surface area contributed by atoms with E-state index in [0.29, 0.717) is 0 Å². The fraction of sp³-hybridized carbons (Fsp3) is 0. The molecule has 0 saturated carbocycles. The molecule has 0 radical (unpaired) electrons. The smallest absolute Gasteiger partial charge is 0.165 e. The quantitative estimate of drug-likeness (QED) is 0.237. The number of rotatable bonds is 3. The molecule has 4 heteroatoms. The summed E-state index contributed by atoms with van der Waals surface area (Å²) < 4.78 is 8.92. The van der Waals surface area contributed by atoms with Crippen LogP contribution in [0.5, 0.6) is 11.5 Å². The first-order valence-corrected chi connectivity index (χ1v) is 13.4. The number of para-hydroxylation sites is 2. The van der Waals surface area contributed by atoms with E-state index in [-0.39, 0.29) is 0 Å². The summed E-state index contributed by atoms with van der Waals surface area (Å²) in [6.07, 6.45) is 0. The second-order valence-corrected chi connectivity index (χ2v) is 10.2. The molecule has 9 rings (SSSR count). The normalized spacial score (nSPS) is 12.2. The van der Waals surface area contributed by atoms with Crippen LogP contribution in [0, 0.1) is 0 Å². The Labute approximate surface area is 229 Å². The largest absolute Gasteiger partial charge is 0.456 e. The third-order valence-corrected chi connectivity index (χ3v) is 7.94. The number of ether oxygens (including phenoxy) is 1. The Hall–Kier alpha value is -5.48. The Kier molecular flexibility index (Phi) is 4.30. The van der Waals surface area contributed by atoms with Crippen LogP contribution in [-0.2, 0) is 0 Å². The Morgan fingerprint density at radius 1 is 0.475 bits per heavy atom. The van der Waals surface area contributed by atoms with Gasteiger partial charge in [0.15, 0.2) is 5.82 Å². The summed E-state index contributed by atoms with van der Waals surface area (Å²) in [6, 6.07) is 44.0. The van der Waals surface area contributed by atoms with Crippen LogP contribution in [0.2, 0.25) is 0 Å². The minimum Gasteiger partial charge on any atom is -0.456 e. The van der Waals surface area contributed by atoms with E-state index in [1.165, 1.54) is 5.39 Å². The first kappa shape index (κ1) is 21.5. The first-order chi connectivity index (χ1) is 19.8. The van der Waals surface area contributed by atoms with Crippen molar-refractivity contribution in [2.24, 2.45) is 0 Å². The monoisotopic (exact) mass is 511 g/mol. The molecule has 1 aliphatic heterocycles. The lowest BCUT2D eigenvalue weighted by molar-refractivity contribution is 0.493.